The third kappa shape index (κ3) is 2.36. The molecule has 0 saturated heterocycles. The van der Waals surface area contributed by atoms with Crippen LogP contribution in [-0.2, 0) is 0 Å². The maximum atomic E-state index is 3.72. The van der Waals surface area contributed by atoms with Crippen LogP contribution in [0.25, 0.3) is 69.2 Å². The molecule has 0 aliphatic heterocycles. The Bertz CT molecular complexity index is 2040. The van der Waals surface area contributed by atoms with Crippen LogP contribution in [-0.4, -0.2) is 4.57 Å². The molecule has 1 nitrogen and oxygen atoms in total. The summed E-state index contributed by atoms with van der Waals surface area (Å²) in [6, 6.07) is 35.7. The van der Waals surface area contributed by atoms with E-state index in [0.717, 1.165) is 4.47 Å². The van der Waals surface area contributed by atoms with E-state index in [4.69, 9.17) is 0 Å². The minimum absolute atomic E-state index is 1.14. The molecule has 0 N–H and O–H groups in total. The van der Waals surface area contributed by atoms with Crippen molar-refractivity contribution in [3.8, 4) is 5.69 Å². The van der Waals surface area contributed by atoms with Crippen molar-refractivity contribution in [3.05, 3.63) is 102 Å². The van der Waals surface area contributed by atoms with E-state index in [1.54, 1.807) is 0 Å². The van der Waals surface area contributed by atoms with Crippen molar-refractivity contribution in [3.63, 3.8) is 0 Å². The number of hydrogen-bond donors (Lipinski definition) is 0. The van der Waals surface area contributed by atoms with Crippen molar-refractivity contribution in [2.75, 3.05) is 0 Å². The van der Waals surface area contributed by atoms with Gasteiger partial charge in [-0.1, -0.05) is 76.6 Å². The van der Waals surface area contributed by atoms with Crippen LogP contribution >= 0.6 is 27.3 Å². The van der Waals surface area contributed by atoms with Gasteiger partial charge < -0.3 is 4.57 Å². The van der Waals surface area contributed by atoms with Crippen molar-refractivity contribution in [1.82, 2.24) is 4.57 Å². The van der Waals surface area contributed by atoms with Crippen LogP contribution in [0, 0.1) is 0 Å². The quantitative estimate of drug-likeness (QED) is 0.197. The van der Waals surface area contributed by atoms with Gasteiger partial charge in [-0.25, -0.2) is 0 Å². The third-order valence-corrected chi connectivity index (χ3v) is 8.54. The molecule has 0 spiro atoms. The van der Waals surface area contributed by atoms with Gasteiger partial charge >= 0.3 is 0 Å². The zero-order valence-electron chi connectivity index (χ0n) is 17.5. The second-order valence-corrected chi connectivity index (χ2v) is 10.7. The molecule has 154 valence electrons. The average molecular weight is 502 g/mol. The van der Waals surface area contributed by atoms with E-state index in [2.05, 4.69) is 118 Å². The molecule has 8 aromatic rings. The summed E-state index contributed by atoms with van der Waals surface area (Å²) < 4.78 is 6.31. The zero-order chi connectivity index (χ0) is 21.7. The summed E-state index contributed by atoms with van der Waals surface area (Å²) in [6.45, 7) is 0. The minimum atomic E-state index is 1.14. The van der Waals surface area contributed by atoms with Gasteiger partial charge in [0.15, 0.2) is 0 Å². The predicted octanol–water partition coefficient (Wildman–Crippen LogP) is 9.66. The normalized spacial score (nSPS) is 12.4. The molecule has 0 atom stereocenters. The van der Waals surface area contributed by atoms with Gasteiger partial charge in [-0.2, -0.15) is 0 Å². The Hall–Kier alpha value is -3.40. The van der Waals surface area contributed by atoms with Crippen LogP contribution in [0.1, 0.15) is 0 Å². The van der Waals surface area contributed by atoms with Gasteiger partial charge in [0.1, 0.15) is 0 Å². The Morgan fingerprint density at radius 2 is 1.36 bits per heavy atom. The number of aromatic nitrogens is 1. The number of halogens is 1. The number of benzene rings is 6. The van der Waals surface area contributed by atoms with E-state index in [-0.39, 0.29) is 0 Å². The lowest BCUT2D eigenvalue weighted by Gasteiger charge is -2.10. The van der Waals surface area contributed by atoms with Crippen LogP contribution in [0.15, 0.2) is 102 Å². The van der Waals surface area contributed by atoms with Gasteiger partial charge in [0.2, 0.25) is 0 Å². The fraction of sp³-hybridized carbons (Fsp3) is 0. The number of thiophene rings is 1. The first-order chi connectivity index (χ1) is 16.3. The summed E-state index contributed by atoms with van der Waals surface area (Å²) in [6.07, 6.45) is 0. The highest BCUT2D eigenvalue weighted by Crippen LogP contribution is 2.47. The van der Waals surface area contributed by atoms with Crippen LogP contribution in [0.2, 0.25) is 0 Å². The molecule has 0 amide bonds. The van der Waals surface area contributed by atoms with Crippen molar-refractivity contribution in [2.24, 2.45) is 0 Å². The van der Waals surface area contributed by atoms with E-state index >= 15 is 0 Å². The second kappa shape index (κ2) is 6.34. The molecule has 3 heteroatoms. The predicted molar refractivity (Wildman–Crippen MR) is 148 cm³/mol. The minimum Gasteiger partial charge on any atom is -0.308 e. The molecule has 2 heterocycles. The first kappa shape index (κ1) is 18.1. The molecule has 0 bridgehead atoms. The number of para-hydroxylation sites is 1. The number of fused-ring (bicyclic) bond motifs is 5. The SMILES string of the molecule is Brc1cc2ccc3cc4c5ccccc5n(-c5ccc6ccccc6c5)c4c4sc(c1)c2c34. The molecule has 0 fully saturated rings. The second-order valence-electron chi connectivity index (χ2n) is 8.75. The monoisotopic (exact) mass is 501 g/mol. The first-order valence-corrected chi connectivity index (χ1v) is 12.7. The molecular formula is C30H16BrNS. The van der Waals surface area contributed by atoms with Crippen LogP contribution in [0.4, 0.5) is 0 Å². The van der Waals surface area contributed by atoms with E-state index < -0.39 is 0 Å². The Balaban J connectivity index is 1.64. The Kier molecular flexibility index (Phi) is 3.47. The molecule has 8 rings (SSSR count). The van der Waals surface area contributed by atoms with E-state index in [9.17, 15) is 0 Å². The van der Waals surface area contributed by atoms with Gasteiger partial charge in [-0.05, 0) is 57.9 Å². The van der Waals surface area contributed by atoms with Crippen molar-refractivity contribution < 1.29 is 0 Å². The molecule has 2 aromatic heterocycles. The zero-order valence-corrected chi connectivity index (χ0v) is 19.9. The molecular weight excluding hydrogens is 486 g/mol. The number of rotatable bonds is 1. The summed E-state index contributed by atoms with van der Waals surface area (Å²) in [4.78, 5) is 0. The fourth-order valence-corrected chi connectivity index (χ4v) is 7.53. The Morgan fingerprint density at radius 1 is 0.606 bits per heavy atom. The van der Waals surface area contributed by atoms with Crippen LogP contribution in [0.3, 0.4) is 0 Å². The van der Waals surface area contributed by atoms with Crippen molar-refractivity contribution in [1.29, 1.82) is 0 Å². The molecule has 0 unspecified atom stereocenters. The van der Waals surface area contributed by atoms with Gasteiger partial charge in [-0.15, -0.1) is 11.3 Å². The van der Waals surface area contributed by atoms with Crippen molar-refractivity contribution >= 4 is 90.8 Å². The third-order valence-electron chi connectivity index (χ3n) is 6.94. The van der Waals surface area contributed by atoms with Crippen molar-refractivity contribution in [2.45, 2.75) is 0 Å². The standard InChI is InChI=1S/C30H16BrNS/c31-21-13-19-9-10-20-15-24-23-7-3-4-8-25(23)32(22-12-11-17-5-1-2-6-18(17)14-22)29(24)30-28(20)27(19)26(16-21)33-30/h1-16H. The summed E-state index contributed by atoms with van der Waals surface area (Å²) in [5, 5.41) is 10.5. The van der Waals surface area contributed by atoms with Crippen LogP contribution < -0.4 is 0 Å². The topological polar surface area (TPSA) is 4.93 Å². The lowest BCUT2D eigenvalue weighted by atomic mass is 10.00. The highest BCUT2D eigenvalue weighted by Gasteiger charge is 2.20. The Labute approximate surface area is 201 Å². The molecule has 0 radical (unpaired) electrons. The van der Waals surface area contributed by atoms with E-state index in [1.807, 2.05) is 11.3 Å². The summed E-state index contributed by atoms with van der Waals surface area (Å²) in [5.41, 5.74) is 3.77. The molecule has 33 heavy (non-hydrogen) atoms. The highest BCUT2D eigenvalue weighted by atomic mass is 79.9. The van der Waals surface area contributed by atoms with Gasteiger partial charge in [-0.3, -0.25) is 0 Å². The molecule has 6 aromatic carbocycles. The smallest absolute Gasteiger partial charge is 0.0720 e. The lowest BCUT2D eigenvalue weighted by Crippen LogP contribution is -1.94. The lowest BCUT2D eigenvalue weighted by molar-refractivity contribution is 1.19. The fourth-order valence-electron chi connectivity index (χ4n) is 5.56. The van der Waals surface area contributed by atoms with Crippen LogP contribution in [0.5, 0.6) is 0 Å². The maximum absolute atomic E-state index is 3.72. The number of hydrogen-bond acceptors (Lipinski definition) is 1. The highest BCUT2D eigenvalue weighted by molar-refractivity contribution is 9.10. The van der Waals surface area contributed by atoms with Gasteiger partial charge in [0.05, 0.1) is 15.7 Å². The Morgan fingerprint density at radius 3 is 2.27 bits per heavy atom. The maximum Gasteiger partial charge on any atom is 0.0720 e. The largest absolute Gasteiger partial charge is 0.308 e. The molecule has 0 aliphatic carbocycles. The first-order valence-electron chi connectivity index (χ1n) is 11.1. The summed E-state index contributed by atoms with van der Waals surface area (Å²) in [7, 11) is 0. The van der Waals surface area contributed by atoms with E-state index in [0.29, 0.717) is 0 Å². The molecule has 0 saturated carbocycles. The average Bonchev–Trinajstić information content (AvgIpc) is 3.38. The molecule has 0 aliphatic rings. The number of nitrogens with zero attached hydrogens (tertiary/aromatic N) is 1. The van der Waals surface area contributed by atoms with Gasteiger partial charge in [0.25, 0.3) is 0 Å². The van der Waals surface area contributed by atoms with E-state index in [1.165, 1.54) is 69.2 Å². The summed E-state index contributed by atoms with van der Waals surface area (Å²) in [5.74, 6) is 0. The summed E-state index contributed by atoms with van der Waals surface area (Å²) >= 11 is 5.63. The van der Waals surface area contributed by atoms with Gasteiger partial charge in [0, 0.05) is 36.4 Å².